The lowest BCUT2D eigenvalue weighted by Crippen LogP contribution is -2.43. The van der Waals surface area contributed by atoms with Gasteiger partial charge in [0.05, 0.1) is 17.6 Å². The molecule has 0 unspecified atom stereocenters. The molecule has 3 rings (SSSR count). The predicted octanol–water partition coefficient (Wildman–Crippen LogP) is 4.92. The Morgan fingerprint density at radius 3 is 2.39 bits per heavy atom. The zero-order valence-electron chi connectivity index (χ0n) is 24.8. The number of fused-ring (bicyclic) bond motifs is 1. The predicted molar refractivity (Wildman–Crippen MR) is 154 cm³/mol. The number of aromatic nitrogens is 1. The Kier molecular flexibility index (Phi) is 10.1. The van der Waals surface area contributed by atoms with Gasteiger partial charge in [-0.25, -0.2) is 14.1 Å². The number of ether oxygens (including phenoxy) is 2. The Morgan fingerprint density at radius 2 is 1.76 bits per heavy atom. The van der Waals surface area contributed by atoms with Crippen LogP contribution in [-0.2, 0) is 19.1 Å². The number of rotatable bonds is 10. The molecule has 0 saturated heterocycles. The minimum Gasteiger partial charge on any atom is -0.460 e. The zero-order chi connectivity index (χ0) is 30.5. The smallest absolute Gasteiger partial charge is 0.416 e. The van der Waals surface area contributed by atoms with Crippen molar-refractivity contribution >= 4 is 41.2 Å². The molecule has 2 N–H and O–H groups in total. The van der Waals surface area contributed by atoms with E-state index < -0.39 is 29.4 Å². The van der Waals surface area contributed by atoms with Gasteiger partial charge in [-0.3, -0.25) is 14.4 Å². The first-order chi connectivity index (χ1) is 19.2. The Bertz CT molecular complexity index is 1350. The van der Waals surface area contributed by atoms with E-state index in [-0.39, 0.29) is 36.6 Å². The van der Waals surface area contributed by atoms with Gasteiger partial charge in [-0.15, -0.1) is 0 Å². The third-order valence-corrected chi connectivity index (χ3v) is 6.69. The van der Waals surface area contributed by atoms with E-state index in [1.54, 1.807) is 40.7 Å². The van der Waals surface area contributed by atoms with E-state index >= 15 is 0 Å². The summed E-state index contributed by atoms with van der Waals surface area (Å²) in [4.78, 5) is 57.8. The molecule has 2 aromatic rings. The molecule has 3 amide bonds. The van der Waals surface area contributed by atoms with Crippen molar-refractivity contribution < 1.29 is 33.0 Å². The molecule has 1 aliphatic heterocycles. The van der Waals surface area contributed by atoms with E-state index in [9.17, 15) is 23.6 Å². The molecule has 0 aliphatic carbocycles. The fourth-order valence-corrected chi connectivity index (χ4v) is 4.57. The summed E-state index contributed by atoms with van der Waals surface area (Å²) >= 11 is 0. The van der Waals surface area contributed by atoms with Gasteiger partial charge in [0.25, 0.3) is 11.8 Å². The lowest BCUT2D eigenvalue weighted by atomic mass is 10.0. The third kappa shape index (κ3) is 7.81. The second-order valence-electron chi connectivity index (χ2n) is 10.8. The molecule has 0 atom stereocenters. The van der Waals surface area contributed by atoms with Crippen molar-refractivity contribution in [1.29, 1.82) is 0 Å². The first kappa shape index (κ1) is 31.5. The van der Waals surface area contributed by atoms with Crippen molar-refractivity contribution in [3.63, 3.8) is 0 Å². The minimum atomic E-state index is -0.870. The number of H-pyrrole nitrogens is 1. The number of hydrogen-bond donors (Lipinski definition) is 2. The van der Waals surface area contributed by atoms with Crippen LogP contribution in [0.25, 0.3) is 11.6 Å². The quantitative estimate of drug-likeness (QED) is 0.307. The molecule has 0 saturated carbocycles. The second-order valence-corrected chi connectivity index (χ2v) is 10.8. The van der Waals surface area contributed by atoms with E-state index in [1.807, 2.05) is 13.8 Å². The number of halogens is 1. The summed E-state index contributed by atoms with van der Waals surface area (Å²) in [7, 11) is 0. The summed E-state index contributed by atoms with van der Waals surface area (Å²) in [6.07, 6.45) is 0.551. The molecule has 1 aliphatic rings. The van der Waals surface area contributed by atoms with Gasteiger partial charge in [-0.1, -0.05) is 13.8 Å². The highest BCUT2D eigenvalue weighted by molar-refractivity contribution is 6.35. The monoisotopic (exact) mass is 570 g/mol. The maximum Gasteiger partial charge on any atom is 0.416 e. The number of imide groups is 1. The zero-order valence-corrected chi connectivity index (χ0v) is 24.8. The highest BCUT2D eigenvalue weighted by atomic mass is 19.1. The normalized spacial score (nSPS) is 13.8. The highest BCUT2D eigenvalue weighted by Crippen LogP contribution is 2.34. The topological polar surface area (TPSA) is 121 Å². The largest absolute Gasteiger partial charge is 0.460 e. The molecule has 0 bridgehead atoms. The van der Waals surface area contributed by atoms with Gasteiger partial charge in [0.15, 0.2) is 0 Å². The van der Waals surface area contributed by atoms with Crippen LogP contribution in [0.3, 0.4) is 0 Å². The number of nitrogens with zero attached hydrogens (tertiary/aromatic N) is 2. The van der Waals surface area contributed by atoms with Gasteiger partial charge in [0, 0.05) is 35.7 Å². The lowest BCUT2D eigenvalue weighted by molar-refractivity contribution is -0.155. The van der Waals surface area contributed by atoms with Crippen LogP contribution in [0, 0.1) is 19.7 Å². The van der Waals surface area contributed by atoms with Crippen LogP contribution in [0.4, 0.5) is 14.9 Å². The van der Waals surface area contributed by atoms with Crippen LogP contribution in [-0.4, -0.2) is 77.0 Å². The number of esters is 1. The summed E-state index contributed by atoms with van der Waals surface area (Å²) < 4.78 is 24.5. The van der Waals surface area contributed by atoms with Gasteiger partial charge < -0.3 is 24.7 Å². The van der Waals surface area contributed by atoms with Crippen LogP contribution >= 0.6 is 0 Å². The first-order valence-electron chi connectivity index (χ1n) is 13.7. The average molecular weight is 571 g/mol. The van der Waals surface area contributed by atoms with E-state index in [0.29, 0.717) is 34.7 Å². The summed E-state index contributed by atoms with van der Waals surface area (Å²) in [6, 6.07) is 4.04. The SMILES string of the molecule is CCN(CC)CCN(C(=O)OCCC(=O)OC(C)(C)C)C(=O)c1c(C)[nH]c(C=C2C(=O)Nc3ccc(F)cc32)c1C. The van der Waals surface area contributed by atoms with E-state index in [4.69, 9.17) is 9.47 Å². The van der Waals surface area contributed by atoms with Gasteiger partial charge >= 0.3 is 12.1 Å². The number of nitrogens with one attached hydrogen (secondary N) is 2. The maximum absolute atomic E-state index is 13.9. The maximum atomic E-state index is 13.9. The Morgan fingerprint density at radius 1 is 1.07 bits per heavy atom. The standard InChI is InChI=1S/C30H39FN4O6/c1-8-34(9-2)13-14-35(29(39)40-15-12-25(36)41-30(5,6)7)28(38)26-18(3)24(32-19(26)4)17-22-21-16-20(31)10-11-23(21)33-27(22)37/h10-11,16-17,32H,8-9,12-15H2,1-7H3,(H,33,37). The molecule has 1 aromatic carbocycles. The van der Waals surface area contributed by atoms with E-state index in [0.717, 1.165) is 18.0 Å². The molecule has 222 valence electrons. The van der Waals surface area contributed by atoms with Gasteiger partial charge in [0.2, 0.25) is 0 Å². The minimum absolute atomic E-state index is 0.0708. The molecular formula is C30H39FN4O6. The van der Waals surface area contributed by atoms with Gasteiger partial charge in [0.1, 0.15) is 18.0 Å². The summed E-state index contributed by atoms with van der Waals surface area (Å²) in [5.74, 6) is -1.95. The number of likely N-dealkylation sites (N-methyl/N-ethyl adjacent to an activating group) is 1. The van der Waals surface area contributed by atoms with Crippen molar-refractivity contribution in [1.82, 2.24) is 14.8 Å². The van der Waals surface area contributed by atoms with Crippen LogP contribution in [0.15, 0.2) is 18.2 Å². The van der Waals surface area contributed by atoms with Gasteiger partial charge in [-0.2, -0.15) is 0 Å². The van der Waals surface area contributed by atoms with Crippen LogP contribution in [0.5, 0.6) is 0 Å². The number of benzene rings is 1. The second kappa shape index (κ2) is 13.1. The van der Waals surface area contributed by atoms with Crippen LogP contribution < -0.4 is 5.32 Å². The number of carbonyl (C=O) groups is 4. The summed E-state index contributed by atoms with van der Waals surface area (Å²) in [6.45, 7) is 14.3. The van der Waals surface area contributed by atoms with Crippen molar-refractivity contribution in [2.45, 2.75) is 60.5 Å². The fraction of sp³-hybridized carbons (Fsp3) is 0.467. The number of carbonyl (C=O) groups excluding carboxylic acids is 4. The van der Waals surface area contributed by atoms with E-state index in [1.165, 1.54) is 18.2 Å². The number of aryl methyl sites for hydroxylation is 1. The lowest BCUT2D eigenvalue weighted by Gasteiger charge is -2.25. The molecule has 0 fully saturated rings. The molecular weight excluding hydrogens is 531 g/mol. The van der Waals surface area contributed by atoms with Crippen LogP contribution in [0.2, 0.25) is 0 Å². The number of aromatic amines is 1. The number of amides is 3. The summed E-state index contributed by atoms with van der Waals surface area (Å²) in [5, 5.41) is 2.71. The molecule has 2 heterocycles. The van der Waals surface area contributed by atoms with Crippen molar-refractivity contribution in [2.75, 3.05) is 38.1 Å². The molecule has 0 spiro atoms. The Labute approximate surface area is 239 Å². The van der Waals surface area contributed by atoms with Gasteiger partial charge in [-0.05, 0) is 77.5 Å². The Balaban J connectivity index is 1.87. The van der Waals surface area contributed by atoms with E-state index in [2.05, 4.69) is 15.2 Å². The molecule has 11 heteroatoms. The van der Waals surface area contributed by atoms with Crippen molar-refractivity contribution in [3.8, 4) is 0 Å². The fourth-order valence-electron chi connectivity index (χ4n) is 4.57. The number of anilines is 1. The number of hydrogen-bond acceptors (Lipinski definition) is 7. The first-order valence-corrected chi connectivity index (χ1v) is 13.7. The average Bonchev–Trinajstić information content (AvgIpc) is 3.34. The highest BCUT2D eigenvalue weighted by Gasteiger charge is 2.30. The Hall–Kier alpha value is -3.99. The van der Waals surface area contributed by atoms with Crippen molar-refractivity contribution in [3.05, 3.63) is 52.1 Å². The third-order valence-electron chi connectivity index (χ3n) is 6.69. The molecule has 0 radical (unpaired) electrons. The van der Waals surface area contributed by atoms with Crippen molar-refractivity contribution in [2.24, 2.45) is 0 Å². The molecule has 41 heavy (non-hydrogen) atoms. The van der Waals surface area contributed by atoms with Crippen LogP contribution in [0.1, 0.15) is 73.9 Å². The molecule has 1 aromatic heterocycles. The molecule has 10 nitrogen and oxygen atoms in total. The summed E-state index contributed by atoms with van der Waals surface area (Å²) in [5.41, 5.74) is 2.26.